The molecule has 0 saturated carbocycles. The first-order valence-electron chi connectivity index (χ1n) is 10.2. The summed E-state index contributed by atoms with van der Waals surface area (Å²) in [5.41, 5.74) is -0.0819. The second-order valence-electron chi connectivity index (χ2n) is 8.06. The minimum Gasteiger partial charge on any atom is -0.491 e. The van der Waals surface area contributed by atoms with Crippen molar-refractivity contribution >= 4 is 40.3 Å². The first-order valence-corrected chi connectivity index (χ1v) is 11.4. The largest absolute Gasteiger partial charge is 0.491 e. The van der Waals surface area contributed by atoms with Gasteiger partial charge in [0.2, 0.25) is 0 Å². The zero-order chi connectivity index (χ0) is 24.5. The molecular weight excluding hydrogens is 454 g/mol. The maximum Gasteiger partial charge on any atom is 0.410 e. The fraction of sp³-hybridized carbons (Fsp3) is 0.478. The monoisotopic (exact) mass is 485 g/mol. The molecule has 7 nitrogen and oxygen atoms in total. The van der Waals surface area contributed by atoms with Crippen LogP contribution in [0.3, 0.4) is 0 Å². The average molecular weight is 486 g/mol. The molecule has 0 fully saturated rings. The van der Waals surface area contributed by atoms with Crippen molar-refractivity contribution in [2.45, 2.75) is 52.7 Å². The van der Waals surface area contributed by atoms with E-state index in [1.54, 1.807) is 39.8 Å². The van der Waals surface area contributed by atoms with Crippen LogP contribution in [0, 0.1) is 0 Å². The smallest absolute Gasteiger partial charge is 0.410 e. The van der Waals surface area contributed by atoms with Crippen LogP contribution in [-0.2, 0) is 4.74 Å². The van der Waals surface area contributed by atoms with Gasteiger partial charge in [-0.15, -0.1) is 0 Å². The normalized spacial score (nSPS) is 12.8. The van der Waals surface area contributed by atoms with E-state index in [9.17, 15) is 19.8 Å². The van der Waals surface area contributed by atoms with Gasteiger partial charge in [0.05, 0.1) is 16.5 Å². The van der Waals surface area contributed by atoms with Crippen LogP contribution < -0.4 is 4.74 Å². The fourth-order valence-electron chi connectivity index (χ4n) is 2.56. The van der Waals surface area contributed by atoms with Crippen LogP contribution >= 0.6 is 23.4 Å². The number of rotatable bonds is 11. The van der Waals surface area contributed by atoms with Crippen molar-refractivity contribution in [1.82, 2.24) is 4.90 Å². The number of carbonyl (C=O) groups excluding carboxylic acids is 1. The van der Waals surface area contributed by atoms with E-state index in [4.69, 9.17) is 21.1 Å². The summed E-state index contributed by atoms with van der Waals surface area (Å²) in [6.45, 7) is 13.3. The van der Waals surface area contributed by atoms with Gasteiger partial charge in [-0.3, -0.25) is 0 Å². The number of halogens is 1. The highest BCUT2D eigenvalue weighted by molar-refractivity contribution is 8.13. The van der Waals surface area contributed by atoms with Crippen molar-refractivity contribution in [3.63, 3.8) is 0 Å². The Morgan fingerprint density at radius 2 is 1.91 bits per heavy atom. The maximum atomic E-state index is 12.4. The van der Waals surface area contributed by atoms with Gasteiger partial charge in [0.25, 0.3) is 0 Å². The minimum absolute atomic E-state index is 0.0201. The van der Waals surface area contributed by atoms with Crippen LogP contribution in [-0.4, -0.2) is 58.6 Å². The third kappa shape index (κ3) is 9.97. The summed E-state index contributed by atoms with van der Waals surface area (Å²) in [5, 5.41) is 19.8. The first kappa shape index (κ1) is 27.9. The van der Waals surface area contributed by atoms with Gasteiger partial charge >= 0.3 is 12.1 Å². The van der Waals surface area contributed by atoms with Crippen molar-refractivity contribution in [1.29, 1.82) is 0 Å². The molecule has 1 aromatic carbocycles. The van der Waals surface area contributed by atoms with Crippen LogP contribution in [0.25, 0.3) is 4.91 Å². The topological polar surface area (TPSA) is 96.3 Å². The molecule has 1 atom stereocenters. The van der Waals surface area contributed by atoms with E-state index in [0.29, 0.717) is 27.8 Å². The molecule has 32 heavy (non-hydrogen) atoms. The van der Waals surface area contributed by atoms with Gasteiger partial charge in [-0.1, -0.05) is 42.9 Å². The average Bonchev–Trinajstić information content (AvgIpc) is 2.70. The van der Waals surface area contributed by atoms with E-state index in [0.717, 1.165) is 0 Å². The Hall–Kier alpha value is -2.16. The summed E-state index contributed by atoms with van der Waals surface area (Å²) in [6.07, 6.45) is 0.897. The molecule has 0 spiro atoms. The van der Waals surface area contributed by atoms with E-state index in [2.05, 4.69) is 6.58 Å². The lowest BCUT2D eigenvalue weighted by molar-refractivity contribution is 0.00917. The van der Waals surface area contributed by atoms with Crippen LogP contribution in [0.4, 0.5) is 4.79 Å². The van der Waals surface area contributed by atoms with Crippen molar-refractivity contribution in [2.24, 2.45) is 0 Å². The predicted molar refractivity (Wildman–Crippen MR) is 129 cm³/mol. The highest BCUT2D eigenvalue weighted by Crippen LogP contribution is 2.36. The molecule has 1 rings (SSSR count). The standard InChI is InChI=1S/C23H32ClNO6S/c1-7-9-25(22(29)31-23(4,5)6)13-18(26)14-30-19-11-16(10-17(12-19)21(27)28)15(3)32-20(24)8-2/h8,10-12,18,26H,3,7,9,13-14H2,1-2,4-6H3,(H,27,28)/b20-8-/t18-/m0/s1. The number of amides is 1. The van der Waals surface area contributed by atoms with Gasteiger partial charge in [0, 0.05) is 11.4 Å². The van der Waals surface area contributed by atoms with Gasteiger partial charge < -0.3 is 24.6 Å². The van der Waals surface area contributed by atoms with Crippen LogP contribution in [0.1, 0.15) is 57.0 Å². The van der Waals surface area contributed by atoms with E-state index in [1.807, 2.05) is 6.92 Å². The minimum atomic E-state index is -1.12. The zero-order valence-corrected chi connectivity index (χ0v) is 20.8. The Morgan fingerprint density at radius 1 is 1.28 bits per heavy atom. The summed E-state index contributed by atoms with van der Waals surface area (Å²) in [5.74, 6) is -0.858. The Kier molecular flexibility index (Phi) is 11.1. The molecule has 0 heterocycles. The van der Waals surface area contributed by atoms with Crippen LogP contribution in [0.2, 0.25) is 0 Å². The number of aromatic carboxylic acids is 1. The van der Waals surface area contributed by atoms with Crippen molar-refractivity contribution in [3.05, 3.63) is 46.3 Å². The van der Waals surface area contributed by atoms with Gasteiger partial charge in [0.15, 0.2) is 0 Å². The second-order valence-corrected chi connectivity index (χ2v) is 9.83. The number of thioether (sulfide) groups is 1. The number of hydrogen-bond acceptors (Lipinski definition) is 6. The molecule has 0 radical (unpaired) electrons. The number of allylic oxidation sites excluding steroid dienone is 1. The van der Waals surface area contributed by atoms with Crippen molar-refractivity contribution in [2.75, 3.05) is 19.7 Å². The molecule has 0 aliphatic carbocycles. The number of aliphatic hydroxyl groups excluding tert-OH is 1. The van der Waals surface area contributed by atoms with E-state index in [-0.39, 0.29) is 24.5 Å². The fourth-order valence-corrected chi connectivity index (χ4v) is 3.42. The molecule has 0 unspecified atom stereocenters. The quantitative estimate of drug-likeness (QED) is 0.422. The van der Waals surface area contributed by atoms with Gasteiger partial charge in [-0.05, 0) is 57.9 Å². The lowest BCUT2D eigenvalue weighted by Crippen LogP contribution is -2.42. The molecule has 0 saturated heterocycles. The molecular formula is C23H32ClNO6S. The Bertz CT molecular complexity index is 849. The summed E-state index contributed by atoms with van der Waals surface area (Å²) >= 11 is 7.24. The van der Waals surface area contributed by atoms with Crippen molar-refractivity contribution in [3.8, 4) is 5.75 Å². The molecule has 9 heteroatoms. The lowest BCUT2D eigenvalue weighted by Gasteiger charge is -2.28. The number of carboxylic acids is 1. The highest BCUT2D eigenvalue weighted by atomic mass is 35.5. The summed E-state index contributed by atoms with van der Waals surface area (Å²) < 4.78 is 11.5. The van der Waals surface area contributed by atoms with Crippen LogP contribution in [0.5, 0.6) is 5.75 Å². The maximum absolute atomic E-state index is 12.4. The zero-order valence-electron chi connectivity index (χ0n) is 19.2. The molecule has 178 valence electrons. The SMILES string of the molecule is C=C(S/C(Cl)=C\C)c1cc(OC[C@@H](O)CN(CCC)C(=O)OC(C)(C)C)cc(C(=O)O)c1. The Balaban J connectivity index is 2.91. The highest BCUT2D eigenvalue weighted by Gasteiger charge is 2.24. The summed E-state index contributed by atoms with van der Waals surface area (Å²) in [6, 6.07) is 4.48. The Labute approximate surface area is 199 Å². The second kappa shape index (κ2) is 12.8. The third-order valence-electron chi connectivity index (χ3n) is 3.94. The lowest BCUT2D eigenvalue weighted by atomic mass is 10.1. The number of hydrogen-bond donors (Lipinski definition) is 2. The molecule has 0 aromatic heterocycles. The van der Waals surface area contributed by atoms with Gasteiger partial charge in [-0.25, -0.2) is 9.59 Å². The molecule has 0 aliphatic heterocycles. The molecule has 0 bridgehead atoms. The number of benzene rings is 1. The molecule has 2 N–H and O–H groups in total. The van der Waals surface area contributed by atoms with E-state index >= 15 is 0 Å². The predicted octanol–water partition coefficient (Wildman–Crippen LogP) is 5.58. The Morgan fingerprint density at radius 3 is 2.44 bits per heavy atom. The van der Waals surface area contributed by atoms with Crippen LogP contribution in [0.15, 0.2) is 35.2 Å². The molecule has 1 aromatic rings. The summed E-state index contributed by atoms with van der Waals surface area (Å²) in [7, 11) is 0. The van der Waals surface area contributed by atoms with Gasteiger partial charge in [0.1, 0.15) is 24.1 Å². The number of nitrogens with zero attached hydrogens (tertiary/aromatic N) is 1. The number of aliphatic hydroxyl groups is 1. The summed E-state index contributed by atoms with van der Waals surface area (Å²) in [4.78, 5) is 25.9. The first-order chi connectivity index (χ1) is 14.9. The number of carboxylic acid groups (broad SMARTS) is 1. The molecule has 0 aliphatic rings. The number of ether oxygens (including phenoxy) is 2. The molecule has 1 amide bonds. The number of carbonyl (C=O) groups is 2. The third-order valence-corrected chi connectivity index (χ3v) is 5.30. The van der Waals surface area contributed by atoms with E-state index in [1.165, 1.54) is 28.8 Å². The van der Waals surface area contributed by atoms with Crippen molar-refractivity contribution < 1.29 is 29.3 Å². The van der Waals surface area contributed by atoms with E-state index < -0.39 is 23.8 Å². The van der Waals surface area contributed by atoms with Gasteiger partial charge in [-0.2, -0.15) is 0 Å².